The Balaban J connectivity index is 1.87. The van der Waals surface area contributed by atoms with Crippen molar-refractivity contribution in [3.8, 4) is 0 Å². The zero-order valence-corrected chi connectivity index (χ0v) is 11.9. The number of thioether (sulfide) groups is 1. The first-order chi connectivity index (χ1) is 9.84. The second kappa shape index (κ2) is 5.30. The van der Waals surface area contributed by atoms with Crippen molar-refractivity contribution in [3.05, 3.63) is 35.1 Å². The fourth-order valence-electron chi connectivity index (χ4n) is 3.18. The van der Waals surface area contributed by atoms with Gasteiger partial charge in [0, 0.05) is 16.4 Å². The lowest BCUT2D eigenvalue weighted by atomic mass is 9.89. The molecule has 0 N–H and O–H groups in total. The zero-order chi connectivity index (χ0) is 15.2. The van der Waals surface area contributed by atoms with Crippen LogP contribution in [0.15, 0.2) is 18.2 Å². The van der Waals surface area contributed by atoms with Crippen LogP contribution in [0.1, 0.15) is 41.6 Å². The van der Waals surface area contributed by atoms with Gasteiger partial charge in [-0.1, -0.05) is 0 Å². The Morgan fingerprint density at radius 3 is 2.33 bits per heavy atom. The summed E-state index contributed by atoms with van der Waals surface area (Å²) in [4.78, 5) is 12.4. The Labute approximate surface area is 124 Å². The summed E-state index contributed by atoms with van der Waals surface area (Å²) in [6.07, 6.45) is -1.18. The molecule has 0 aliphatic carbocycles. The van der Waals surface area contributed by atoms with Crippen molar-refractivity contribution in [1.29, 1.82) is 0 Å². The molecule has 2 saturated heterocycles. The van der Waals surface area contributed by atoms with Gasteiger partial charge >= 0.3 is 6.18 Å². The smallest absolute Gasteiger partial charge is 0.294 e. The molecule has 1 aromatic rings. The van der Waals surface area contributed by atoms with Crippen LogP contribution in [0.25, 0.3) is 0 Å². The van der Waals surface area contributed by atoms with Crippen LogP contribution < -0.4 is 0 Å². The van der Waals surface area contributed by atoms with Crippen molar-refractivity contribution in [1.82, 2.24) is 0 Å². The van der Waals surface area contributed by atoms with Crippen LogP contribution in [0.2, 0.25) is 0 Å². The van der Waals surface area contributed by atoms with E-state index in [4.69, 9.17) is 0 Å². The first-order valence-corrected chi connectivity index (χ1v) is 7.85. The summed E-state index contributed by atoms with van der Waals surface area (Å²) < 4.78 is 51.9. The molecule has 0 saturated carbocycles. The Hall–Kier alpha value is -1.04. The minimum absolute atomic E-state index is 0.346. The van der Waals surface area contributed by atoms with E-state index in [1.54, 1.807) is 0 Å². The Morgan fingerprint density at radius 1 is 1.14 bits per heavy atom. The number of carbonyl (C=O) groups excluding carboxylic acids is 1. The number of carbonyl (C=O) groups is 1. The summed E-state index contributed by atoms with van der Waals surface area (Å²) in [5.74, 6) is -1.68. The second-order valence-electron chi connectivity index (χ2n) is 5.68. The van der Waals surface area contributed by atoms with Crippen molar-refractivity contribution >= 4 is 17.5 Å². The SMILES string of the molecule is O=C(c1cc(C(F)(F)F)ccc1F)C1CC2CCC(C1)S2. The van der Waals surface area contributed by atoms with Crippen LogP contribution in [-0.4, -0.2) is 16.3 Å². The van der Waals surface area contributed by atoms with Crippen LogP contribution >= 0.6 is 11.8 Å². The summed E-state index contributed by atoms with van der Waals surface area (Å²) in [5, 5.41) is 0.790. The summed E-state index contributed by atoms with van der Waals surface area (Å²) in [7, 11) is 0. The molecule has 2 unspecified atom stereocenters. The van der Waals surface area contributed by atoms with Gasteiger partial charge in [-0.05, 0) is 43.9 Å². The highest BCUT2D eigenvalue weighted by atomic mass is 32.2. The molecule has 21 heavy (non-hydrogen) atoms. The van der Waals surface area contributed by atoms with E-state index >= 15 is 0 Å². The van der Waals surface area contributed by atoms with Gasteiger partial charge in [-0.2, -0.15) is 24.9 Å². The van der Waals surface area contributed by atoms with E-state index in [2.05, 4.69) is 0 Å². The van der Waals surface area contributed by atoms with Gasteiger partial charge < -0.3 is 0 Å². The summed E-state index contributed by atoms with van der Waals surface area (Å²) in [6, 6.07) is 2.07. The van der Waals surface area contributed by atoms with Crippen molar-refractivity contribution < 1.29 is 22.4 Å². The molecule has 2 atom stereocenters. The number of benzene rings is 1. The molecule has 2 heterocycles. The van der Waals surface area contributed by atoms with Gasteiger partial charge in [0.15, 0.2) is 5.78 Å². The standard InChI is InChI=1S/C15H14F4OS/c16-13-4-1-9(15(17,18)19)7-12(13)14(20)8-5-10-2-3-11(6-8)21-10/h1,4,7-8,10-11H,2-3,5-6H2. The van der Waals surface area contributed by atoms with E-state index in [1.165, 1.54) is 0 Å². The van der Waals surface area contributed by atoms with Gasteiger partial charge in [0.25, 0.3) is 0 Å². The third-order valence-corrected chi connectivity index (χ3v) is 5.85. The molecular weight excluding hydrogens is 304 g/mol. The molecule has 0 spiro atoms. The highest BCUT2D eigenvalue weighted by molar-refractivity contribution is 8.00. The minimum atomic E-state index is -4.57. The van der Waals surface area contributed by atoms with Gasteiger partial charge in [0.05, 0.1) is 11.1 Å². The molecule has 0 amide bonds. The highest BCUT2D eigenvalue weighted by Gasteiger charge is 2.39. The van der Waals surface area contributed by atoms with Crippen LogP contribution in [0.5, 0.6) is 0 Å². The maximum atomic E-state index is 13.8. The summed E-state index contributed by atoms with van der Waals surface area (Å²) in [6.45, 7) is 0. The van der Waals surface area contributed by atoms with E-state index in [9.17, 15) is 22.4 Å². The average molecular weight is 318 g/mol. The minimum Gasteiger partial charge on any atom is -0.294 e. The van der Waals surface area contributed by atoms with E-state index in [-0.39, 0.29) is 5.92 Å². The molecule has 114 valence electrons. The topological polar surface area (TPSA) is 17.1 Å². The van der Waals surface area contributed by atoms with E-state index in [0.29, 0.717) is 35.5 Å². The molecule has 2 aliphatic heterocycles. The number of hydrogen-bond donors (Lipinski definition) is 0. The molecule has 1 aromatic carbocycles. The van der Waals surface area contributed by atoms with Gasteiger partial charge in [-0.15, -0.1) is 0 Å². The largest absolute Gasteiger partial charge is 0.416 e. The maximum Gasteiger partial charge on any atom is 0.416 e. The predicted octanol–water partition coefficient (Wildman–Crippen LogP) is 4.70. The number of fused-ring (bicyclic) bond motifs is 2. The van der Waals surface area contributed by atoms with Crippen LogP contribution in [0.3, 0.4) is 0 Å². The number of Topliss-reactive ketones (excluding diaryl/α,β-unsaturated/α-hetero) is 1. The Kier molecular flexibility index (Phi) is 3.76. The van der Waals surface area contributed by atoms with Gasteiger partial charge in [0.1, 0.15) is 5.82 Å². The molecule has 0 aromatic heterocycles. The van der Waals surface area contributed by atoms with Crippen molar-refractivity contribution in [3.63, 3.8) is 0 Å². The van der Waals surface area contributed by atoms with Crippen LogP contribution in [0, 0.1) is 11.7 Å². The molecule has 3 rings (SSSR count). The lowest BCUT2D eigenvalue weighted by Gasteiger charge is -2.26. The third-order valence-electron chi connectivity index (χ3n) is 4.22. The van der Waals surface area contributed by atoms with E-state index < -0.39 is 28.9 Å². The molecule has 6 heteroatoms. The summed E-state index contributed by atoms with van der Waals surface area (Å²) >= 11 is 1.85. The number of halogens is 4. The third kappa shape index (κ3) is 2.96. The maximum absolute atomic E-state index is 13.8. The van der Waals surface area contributed by atoms with Gasteiger partial charge in [0.2, 0.25) is 0 Å². The van der Waals surface area contributed by atoms with E-state index in [0.717, 1.165) is 18.9 Å². The molecule has 1 nitrogen and oxygen atoms in total. The molecule has 2 bridgehead atoms. The van der Waals surface area contributed by atoms with Crippen LogP contribution in [-0.2, 0) is 6.18 Å². The van der Waals surface area contributed by atoms with Crippen LogP contribution in [0.4, 0.5) is 17.6 Å². The zero-order valence-electron chi connectivity index (χ0n) is 11.1. The van der Waals surface area contributed by atoms with Crippen molar-refractivity contribution in [2.24, 2.45) is 5.92 Å². The lowest BCUT2D eigenvalue weighted by molar-refractivity contribution is -0.137. The fourth-order valence-corrected chi connectivity index (χ4v) is 4.96. The number of rotatable bonds is 2. The monoisotopic (exact) mass is 318 g/mol. The first-order valence-electron chi connectivity index (χ1n) is 6.91. The molecule has 2 fully saturated rings. The summed E-state index contributed by atoms with van der Waals surface area (Å²) in [5.41, 5.74) is -1.39. The lowest BCUT2D eigenvalue weighted by Crippen LogP contribution is -2.25. The first kappa shape index (κ1) is 14.9. The van der Waals surface area contributed by atoms with Crippen molar-refractivity contribution in [2.75, 3.05) is 0 Å². The Bertz CT molecular complexity index is 557. The average Bonchev–Trinajstić information content (AvgIpc) is 2.76. The van der Waals surface area contributed by atoms with Gasteiger partial charge in [-0.25, -0.2) is 4.39 Å². The Morgan fingerprint density at radius 2 is 1.76 bits per heavy atom. The fraction of sp³-hybridized carbons (Fsp3) is 0.533. The number of alkyl halides is 3. The second-order valence-corrected chi connectivity index (χ2v) is 7.29. The predicted molar refractivity (Wildman–Crippen MR) is 72.9 cm³/mol. The highest BCUT2D eigenvalue weighted by Crippen LogP contribution is 2.46. The van der Waals surface area contributed by atoms with Crippen molar-refractivity contribution in [2.45, 2.75) is 42.4 Å². The van der Waals surface area contributed by atoms with E-state index in [1.807, 2.05) is 11.8 Å². The number of hydrogen-bond acceptors (Lipinski definition) is 2. The van der Waals surface area contributed by atoms with Gasteiger partial charge in [-0.3, -0.25) is 4.79 Å². The quantitative estimate of drug-likeness (QED) is 0.581. The molecule has 0 radical (unpaired) electrons. The molecule has 2 aliphatic rings. The molecular formula is C15H14F4OS. The number of ketones is 1. The normalized spacial score (nSPS) is 28.7.